The quantitative estimate of drug-likeness (QED) is 0.587. The third-order valence-electron chi connectivity index (χ3n) is 5.08. The van der Waals surface area contributed by atoms with Gasteiger partial charge < -0.3 is 5.73 Å². The zero-order chi connectivity index (χ0) is 19.2. The van der Waals surface area contributed by atoms with E-state index in [2.05, 4.69) is 43.2 Å². The molecular formula is C22H32N4. The van der Waals surface area contributed by atoms with Gasteiger partial charge in [-0.25, -0.2) is 4.68 Å². The number of benzene rings is 1. The average molecular weight is 353 g/mol. The van der Waals surface area contributed by atoms with Crippen molar-refractivity contribution in [2.24, 2.45) is 0 Å². The fourth-order valence-electron chi connectivity index (χ4n) is 3.15. The lowest BCUT2D eigenvalue weighted by atomic mass is 9.92. The van der Waals surface area contributed by atoms with Crippen LogP contribution in [0.1, 0.15) is 83.4 Å². The summed E-state index contributed by atoms with van der Waals surface area (Å²) in [4.78, 5) is 0. The summed E-state index contributed by atoms with van der Waals surface area (Å²) >= 11 is 0. The molecule has 0 spiro atoms. The molecule has 1 aromatic carbocycles. The Morgan fingerprint density at radius 2 is 1.92 bits per heavy atom. The molecule has 0 saturated carbocycles. The predicted molar refractivity (Wildman–Crippen MR) is 108 cm³/mol. The van der Waals surface area contributed by atoms with Crippen LogP contribution in [0.2, 0.25) is 0 Å². The van der Waals surface area contributed by atoms with E-state index in [4.69, 9.17) is 5.73 Å². The molecule has 0 bridgehead atoms. The lowest BCUT2D eigenvalue weighted by molar-refractivity contribution is 0.566. The Kier molecular flexibility index (Phi) is 6.85. The number of rotatable bonds is 9. The Balaban J connectivity index is 2.13. The Hall–Kier alpha value is -2.28. The first-order valence-electron chi connectivity index (χ1n) is 9.76. The normalized spacial score (nSPS) is 12.7. The van der Waals surface area contributed by atoms with Crippen molar-refractivity contribution in [3.8, 4) is 11.8 Å². The number of nitriles is 1. The number of anilines is 1. The Bertz CT molecular complexity index is 752. The van der Waals surface area contributed by atoms with Gasteiger partial charge in [-0.2, -0.15) is 10.4 Å². The second-order valence-electron chi connectivity index (χ2n) is 7.80. The van der Waals surface area contributed by atoms with Crippen LogP contribution >= 0.6 is 0 Å². The maximum atomic E-state index is 9.33. The van der Waals surface area contributed by atoms with E-state index < -0.39 is 5.41 Å². The lowest BCUT2D eigenvalue weighted by Crippen LogP contribution is -2.15. The standard InChI is InChI=1S/C22H32N4/c1-5-6-7-8-9-11-17(2)18-12-10-13-19(14-18)26-21(24)15-20(25-26)22(3,4)16-23/h10,12-15,17H,5-9,11,24H2,1-4H3. The first kappa shape index (κ1) is 20.0. The van der Waals surface area contributed by atoms with Crippen molar-refractivity contribution in [3.05, 3.63) is 41.6 Å². The summed E-state index contributed by atoms with van der Waals surface area (Å²) in [6.45, 7) is 8.25. The van der Waals surface area contributed by atoms with Crippen LogP contribution in [-0.4, -0.2) is 9.78 Å². The van der Waals surface area contributed by atoms with Gasteiger partial charge in [-0.05, 0) is 43.9 Å². The second-order valence-corrected chi connectivity index (χ2v) is 7.80. The van der Waals surface area contributed by atoms with E-state index in [0.717, 1.165) is 5.69 Å². The van der Waals surface area contributed by atoms with E-state index in [1.807, 2.05) is 19.9 Å². The molecule has 4 heteroatoms. The Morgan fingerprint density at radius 3 is 2.62 bits per heavy atom. The van der Waals surface area contributed by atoms with E-state index in [0.29, 0.717) is 17.4 Å². The van der Waals surface area contributed by atoms with Crippen molar-refractivity contribution in [1.29, 1.82) is 5.26 Å². The molecule has 0 saturated heterocycles. The zero-order valence-electron chi connectivity index (χ0n) is 16.6. The van der Waals surface area contributed by atoms with Gasteiger partial charge in [-0.15, -0.1) is 0 Å². The van der Waals surface area contributed by atoms with Gasteiger partial charge in [0.15, 0.2) is 0 Å². The number of nitrogen functional groups attached to an aromatic ring is 1. The SMILES string of the molecule is CCCCCCCC(C)c1cccc(-n2nc(C(C)(C)C#N)cc2N)c1. The predicted octanol–water partition coefficient (Wildman–Crippen LogP) is 5.72. The number of hydrogen-bond donors (Lipinski definition) is 1. The van der Waals surface area contributed by atoms with Crippen molar-refractivity contribution in [3.63, 3.8) is 0 Å². The van der Waals surface area contributed by atoms with Crippen LogP contribution in [0.5, 0.6) is 0 Å². The Labute approximate surface area is 158 Å². The molecule has 26 heavy (non-hydrogen) atoms. The van der Waals surface area contributed by atoms with Gasteiger partial charge >= 0.3 is 0 Å². The summed E-state index contributed by atoms with van der Waals surface area (Å²) in [5, 5.41) is 13.9. The highest BCUT2D eigenvalue weighted by Gasteiger charge is 2.24. The minimum absolute atomic E-state index is 0.517. The molecule has 2 aromatic rings. The van der Waals surface area contributed by atoms with Gasteiger partial charge in [-0.1, -0.05) is 58.1 Å². The molecule has 0 fully saturated rings. The molecule has 1 aromatic heterocycles. The minimum atomic E-state index is -0.650. The lowest BCUT2D eigenvalue weighted by Gasteiger charge is -2.14. The molecule has 140 valence electrons. The first-order valence-corrected chi connectivity index (χ1v) is 9.76. The van der Waals surface area contributed by atoms with Crippen LogP contribution < -0.4 is 5.73 Å². The van der Waals surface area contributed by atoms with E-state index in [1.54, 1.807) is 10.7 Å². The zero-order valence-corrected chi connectivity index (χ0v) is 16.6. The summed E-state index contributed by atoms with van der Waals surface area (Å²) in [5.41, 5.74) is 8.49. The minimum Gasteiger partial charge on any atom is -0.384 e. The molecular weight excluding hydrogens is 320 g/mol. The van der Waals surface area contributed by atoms with Crippen molar-refractivity contribution in [1.82, 2.24) is 9.78 Å². The number of nitrogens with two attached hydrogens (primary N) is 1. The number of hydrogen-bond acceptors (Lipinski definition) is 3. The van der Waals surface area contributed by atoms with Crippen molar-refractivity contribution in [2.75, 3.05) is 5.73 Å². The number of nitrogens with zero attached hydrogens (tertiary/aromatic N) is 3. The third kappa shape index (κ3) is 4.88. The van der Waals surface area contributed by atoms with Crippen molar-refractivity contribution >= 4 is 5.82 Å². The van der Waals surface area contributed by atoms with Gasteiger partial charge in [0, 0.05) is 6.07 Å². The maximum absolute atomic E-state index is 9.33. The van der Waals surface area contributed by atoms with Crippen LogP contribution in [0.3, 0.4) is 0 Å². The molecule has 2 rings (SSSR count). The fourth-order valence-corrected chi connectivity index (χ4v) is 3.15. The highest BCUT2D eigenvalue weighted by atomic mass is 15.3. The fraction of sp³-hybridized carbons (Fsp3) is 0.545. The van der Waals surface area contributed by atoms with Crippen molar-refractivity contribution < 1.29 is 0 Å². The molecule has 0 aliphatic heterocycles. The maximum Gasteiger partial charge on any atom is 0.127 e. The van der Waals surface area contributed by atoms with Gasteiger partial charge in [0.05, 0.1) is 22.9 Å². The van der Waals surface area contributed by atoms with E-state index in [-0.39, 0.29) is 0 Å². The molecule has 4 nitrogen and oxygen atoms in total. The molecule has 0 aliphatic rings. The topological polar surface area (TPSA) is 67.6 Å². The van der Waals surface area contributed by atoms with Crippen molar-refractivity contribution in [2.45, 2.75) is 77.6 Å². The monoisotopic (exact) mass is 352 g/mol. The van der Waals surface area contributed by atoms with Crippen LogP contribution in [0.25, 0.3) is 5.69 Å². The highest BCUT2D eigenvalue weighted by molar-refractivity contribution is 5.46. The number of aromatic nitrogens is 2. The summed E-state index contributed by atoms with van der Waals surface area (Å²) in [7, 11) is 0. The van der Waals surface area contributed by atoms with Crippen LogP contribution in [-0.2, 0) is 5.41 Å². The molecule has 1 unspecified atom stereocenters. The van der Waals surface area contributed by atoms with Gasteiger partial charge in [0.1, 0.15) is 5.82 Å². The Morgan fingerprint density at radius 1 is 1.19 bits per heavy atom. The summed E-state index contributed by atoms with van der Waals surface area (Å²) in [6, 6.07) is 12.5. The van der Waals surface area contributed by atoms with Gasteiger partial charge in [0.2, 0.25) is 0 Å². The van der Waals surface area contributed by atoms with E-state index in [9.17, 15) is 5.26 Å². The summed E-state index contributed by atoms with van der Waals surface area (Å²) in [6.07, 6.45) is 7.75. The van der Waals surface area contributed by atoms with Crippen LogP contribution in [0.15, 0.2) is 30.3 Å². The number of unbranched alkanes of at least 4 members (excludes halogenated alkanes) is 4. The smallest absolute Gasteiger partial charge is 0.127 e. The van der Waals surface area contributed by atoms with E-state index in [1.165, 1.54) is 44.1 Å². The second kappa shape index (κ2) is 8.89. The molecule has 0 radical (unpaired) electrons. The first-order chi connectivity index (χ1) is 12.4. The molecule has 0 aliphatic carbocycles. The summed E-state index contributed by atoms with van der Waals surface area (Å²) < 4.78 is 1.74. The van der Waals surface area contributed by atoms with Crippen LogP contribution in [0.4, 0.5) is 5.82 Å². The largest absolute Gasteiger partial charge is 0.384 e. The third-order valence-corrected chi connectivity index (χ3v) is 5.08. The molecule has 1 heterocycles. The molecule has 1 atom stereocenters. The molecule has 2 N–H and O–H groups in total. The molecule has 0 amide bonds. The highest BCUT2D eigenvalue weighted by Crippen LogP contribution is 2.27. The van der Waals surface area contributed by atoms with Crippen LogP contribution in [0, 0.1) is 11.3 Å². The van der Waals surface area contributed by atoms with Gasteiger partial charge in [0.25, 0.3) is 0 Å². The summed E-state index contributed by atoms with van der Waals surface area (Å²) in [5.74, 6) is 1.08. The van der Waals surface area contributed by atoms with E-state index >= 15 is 0 Å². The van der Waals surface area contributed by atoms with Gasteiger partial charge in [-0.3, -0.25) is 0 Å². The average Bonchev–Trinajstić information content (AvgIpc) is 3.04.